The lowest BCUT2D eigenvalue weighted by atomic mass is 10.2. The van der Waals surface area contributed by atoms with Crippen molar-refractivity contribution in [3.8, 4) is 0 Å². The van der Waals surface area contributed by atoms with E-state index in [2.05, 4.69) is 28.0 Å². The van der Waals surface area contributed by atoms with Crippen molar-refractivity contribution in [2.75, 3.05) is 7.05 Å². The first-order chi connectivity index (χ1) is 4.13. The van der Waals surface area contributed by atoms with E-state index < -0.39 is 0 Å². The number of halogens is 1. The predicted octanol–water partition coefficient (Wildman–Crippen LogP) is 1.46. The molecule has 3 heteroatoms. The minimum atomic E-state index is 0.447. The van der Waals surface area contributed by atoms with Crippen molar-refractivity contribution in [1.29, 1.82) is 0 Å². The first-order valence-corrected chi connectivity index (χ1v) is 3.96. The van der Waals surface area contributed by atoms with Crippen molar-refractivity contribution in [3.05, 3.63) is 0 Å². The average Bonchev–Trinajstić information content (AvgIpc) is 1.98. The van der Waals surface area contributed by atoms with Gasteiger partial charge in [-0.3, -0.25) is 5.01 Å². The SMILES string of the molecule is CC1=NN(C)C(C)C1Br. The highest BCUT2D eigenvalue weighted by molar-refractivity contribution is 9.10. The Labute approximate surface area is 64.1 Å². The predicted molar refractivity (Wildman–Crippen MR) is 43.0 cm³/mol. The van der Waals surface area contributed by atoms with E-state index in [1.54, 1.807) is 0 Å². The molecule has 1 aliphatic rings. The summed E-state index contributed by atoms with van der Waals surface area (Å²) in [6.07, 6.45) is 0. The number of hydrazone groups is 1. The number of rotatable bonds is 0. The zero-order valence-electron chi connectivity index (χ0n) is 5.93. The second-order valence-corrected chi connectivity index (χ2v) is 3.44. The third-order valence-electron chi connectivity index (χ3n) is 1.73. The van der Waals surface area contributed by atoms with E-state index in [1.807, 2.05) is 19.0 Å². The van der Waals surface area contributed by atoms with E-state index in [0.29, 0.717) is 10.9 Å². The van der Waals surface area contributed by atoms with Crippen LogP contribution >= 0.6 is 15.9 Å². The topological polar surface area (TPSA) is 15.6 Å². The average molecular weight is 191 g/mol. The highest BCUT2D eigenvalue weighted by Gasteiger charge is 2.26. The molecule has 0 spiro atoms. The molecule has 2 nitrogen and oxygen atoms in total. The highest BCUT2D eigenvalue weighted by atomic mass is 79.9. The molecule has 0 radical (unpaired) electrons. The Morgan fingerprint density at radius 2 is 2.22 bits per heavy atom. The zero-order valence-corrected chi connectivity index (χ0v) is 7.51. The van der Waals surface area contributed by atoms with Crippen LogP contribution in [0.4, 0.5) is 0 Å². The molecule has 0 aliphatic carbocycles. The summed E-state index contributed by atoms with van der Waals surface area (Å²) in [6.45, 7) is 4.19. The molecule has 0 aromatic heterocycles. The van der Waals surface area contributed by atoms with Gasteiger partial charge in [0.25, 0.3) is 0 Å². The van der Waals surface area contributed by atoms with Crippen molar-refractivity contribution >= 4 is 21.6 Å². The van der Waals surface area contributed by atoms with Crippen molar-refractivity contribution in [1.82, 2.24) is 5.01 Å². The van der Waals surface area contributed by atoms with E-state index in [1.165, 1.54) is 5.71 Å². The molecule has 1 heterocycles. The quantitative estimate of drug-likeness (QED) is 0.529. The Kier molecular flexibility index (Phi) is 1.80. The van der Waals surface area contributed by atoms with Gasteiger partial charge in [0, 0.05) is 7.05 Å². The molecule has 1 aliphatic heterocycles. The monoisotopic (exact) mass is 190 g/mol. The van der Waals surface area contributed by atoms with Crippen LogP contribution < -0.4 is 0 Å². The number of hydrogen-bond donors (Lipinski definition) is 0. The van der Waals surface area contributed by atoms with Gasteiger partial charge in [-0.2, -0.15) is 5.10 Å². The van der Waals surface area contributed by atoms with Crippen LogP contribution in [-0.2, 0) is 0 Å². The summed E-state index contributed by atoms with van der Waals surface area (Å²) < 4.78 is 0. The van der Waals surface area contributed by atoms with Crippen LogP contribution in [0.3, 0.4) is 0 Å². The van der Waals surface area contributed by atoms with Crippen LogP contribution in [0.2, 0.25) is 0 Å². The fourth-order valence-corrected chi connectivity index (χ4v) is 1.37. The van der Waals surface area contributed by atoms with Crippen molar-refractivity contribution in [3.63, 3.8) is 0 Å². The van der Waals surface area contributed by atoms with Gasteiger partial charge in [0.2, 0.25) is 0 Å². The summed E-state index contributed by atoms with van der Waals surface area (Å²) in [4.78, 5) is 0.447. The lowest BCUT2D eigenvalue weighted by Gasteiger charge is -2.15. The van der Waals surface area contributed by atoms with Gasteiger partial charge in [0.15, 0.2) is 0 Å². The third-order valence-corrected chi connectivity index (χ3v) is 3.16. The number of hydrogen-bond acceptors (Lipinski definition) is 2. The second-order valence-electron chi connectivity index (χ2n) is 2.46. The zero-order chi connectivity index (χ0) is 7.02. The lowest BCUT2D eigenvalue weighted by Crippen LogP contribution is -2.27. The minimum absolute atomic E-state index is 0.447. The fraction of sp³-hybridized carbons (Fsp3) is 0.833. The van der Waals surface area contributed by atoms with Crippen molar-refractivity contribution < 1.29 is 0 Å². The molecule has 1 rings (SSSR count). The van der Waals surface area contributed by atoms with Crippen LogP contribution in [0, 0.1) is 0 Å². The molecule has 0 N–H and O–H groups in total. The summed E-state index contributed by atoms with van der Waals surface area (Å²) in [5, 5.41) is 6.23. The molecule has 2 unspecified atom stereocenters. The molecule has 0 aromatic carbocycles. The second kappa shape index (κ2) is 2.29. The van der Waals surface area contributed by atoms with Gasteiger partial charge in [-0.1, -0.05) is 15.9 Å². The third kappa shape index (κ3) is 1.11. The van der Waals surface area contributed by atoms with Crippen molar-refractivity contribution in [2.24, 2.45) is 5.10 Å². The first-order valence-electron chi connectivity index (χ1n) is 3.05. The number of alkyl halides is 1. The maximum Gasteiger partial charge on any atom is 0.0760 e. The fourth-order valence-electron chi connectivity index (χ4n) is 0.934. The molecule has 52 valence electrons. The summed E-state index contributed by atoms with van der Waals surface area (Å²) in [6, 6.07) is 0.505. The number of nitrogens with zero attached hydrogens (tertiary/aromatic N) is 2. The molecular formula is C6H11BrN2. The molecule has 0 amide bonds. The molecule has 0 saturated heterocycles. The Balaban J connectivity index is 2.70. The van der Waals surface area contributed by atoms with Crippen LogP contribution in [0.1, 0.15) is 13.8 Å². The summed E-state index contributed by atoms with van der Waals surface area (Å²) in [5.74, 6) is 0. The lowest BCUT2D eigenvalue weighted by molar-refractivity contribution is 0.308. The van der Waals surface area contributed by atoms with Gasteiger partial charge in [-0.15, -0.1) is 0 Å². The van der Waals surface area contributed by atoms with Gasteiger partial charge >= 0.3 is 0 Å². The maximum atomic E-state index is 4.25. The molecule has 0 saturated carbocycles. The van der Waals surface area contributed by atoms with Crippen molar-refractivity contribution in [2.45, 2.75) is 24.7 Å². The van der Waals surface area contributed by atoms with Gasteiger partial charge in [0.1, 0.15) is 0 Å². The van der Waals surface area contributed by atoms with E-state index >= 15 is 0 Å². The largest absolute Gasteiger partial charge is 0.296 e. The summed E-state index contributed by atoms with van der Waals surface area (Å²) in [5.41, 5.74) is 1.17. The van der Waals surface area contributed by atoms with Crippen LogP contribution in [0.5, 0.6) is 0 Å². The Morgan fingerprint density at radius 3 is 2.33 bits per heavy atom. The summed E-state index contributed by atoms with van der Waals surface area (Å²) >= 11 is 3.54. The molecule has 0 aromatic rings. The van der Waals surface area contributed by atoms with E-state index in [4.69, 9.17) is 0 Å². The summed E-state index contributed by atoms with van der Waals surface area (Å²) in [7, 11) is 2.00. The van der Waals surface area contributed by atoms with Gasteiger partial charge in [-0.25, -0.2) is 0 Å². The smallest absolute Gasteiger partial charge is 0.0760 e. The molecule has 0 bridgehead atoms. The van der Waals surface area contributed by atoms with E-state index in [9.17, 15) is 0 Å². The standard InChI is InChI=1S/C6H11BrN2/c1-4-6(7)5(2)9(3)8-4/h5-6H,1-3H3. The maximum absolute atomic E-state index is 4.25. The molecule has 2 atom stereocenters. The van der Waals surface area contributed by atoms with E-state index in [0.717, 1.165) is 0 Å². The van der Waals surface area contributed by atoms with Gasteiger partial charge in [-0.05, 0) is 13.8 Å². The van der Waals surface area contributed by atoms with Crippen LogP contribution in [0.25, 0.3) is 0 Å². The Bertz CT molecular complexity index is 144. The minimum Gasteiger partial charge on any atom is -0.296 e. The molecular weight excluding hydrogens is 180 g/mol. The Morgan fingerprint density at radius 1 is 1.67 bits per heavy atom. The van der Waals surface area contributed by atoms with Crippen LogP contribution in [-0.4, -0.2) is 28.6 Å². The first kappa shape index (κ1) is 7.06. The normalized spacial score (nSPS) is 35.1. The van der Waals surface area contributed by atoms with Gasteiger partial charge in [0.05, 0.1) is 16.6 Å². The molecule has 0 fully saturated rings. The Hall–Kier alpha value is -0.0500. The highest BCUT2D eigenvalue weighted by Crippen LogP contribution is 2.19. The van der Waals surface area contributed by atoms with Crippen LogP contribution in [0.15, 0.2) is 5.10 Å². The van der Waals surface area contributed by atoms with Gasteiger partial charge < -0.3 is 0 Å². The molecule has 9 heavy (non-hydrogen) atoms. The van der Waals surface area contributed by atoms with E-state index in [-0.39, 0.29) is 0 Å².